The smallest absolute Gasteiger partial charge is 0.337 e. The molecule has 3 N–H and O–H groups in total. The maximum atomic E-state index is 11.6. The van der Waals surface area contributed by atoms with Gasteiger partial charge < -0.3 is 10.8 Å². The Morgan fingerprint density at radius 1 is 1.00 bits per heavy atom. The quantitative estimate of drug-likeness (QED) is 0.531. The van der Waals surface area contributed by atoms with E-state index in [9.17, 15) is 14.7 Å². The van der Waals surface area contributed by atoms with Crippen molar-refractivity contribution in [2.75, 3.05) is 5.73 Å². The summed E-state index contributed by atoms with van der Waals surface area (Å²) in [6, 6.07) is 11.2. The fraction of sp³-hybridized carbons (Fsp3) is 0.0526. The lowest BCUT2D eigenvalue weighted by Gasteiger charge is -2.09. The number of rotatable bonds is 1. The predicted molar refractivity (Wildman–Crippen MR) is 90.6 cm³/mol. The number of carboxylic acid groups (broad SMARTS) is 1. The monoisotopic (exact) mass is 303 g/mol. The van der Waals surface area contributed by atoms with Crippen LogP contribution in [0.2, 0.25) is 0 Å². The number of Topliss-reactive ketones (excluding diaryl/α,β-unsaturated/α-hetero) is 1. The number of carboxylic acids is 1. The molecule has 112 valence electrons. The maximum absolute atomic E-state index is 11.6. The third-order valence-electron chi connectivity index (χ3n) is 4.28. The van der Waals surface area contributed by atoms with E-state index in [0.29, 0.717) is 6.42 Å². The zero-order valence-electron chi connectivity index (χ0n) is 12.2. The van der Waals surface area contributed by atoms with E-state index in [4.69, 9.17) is 5.73 Å². The van der Waals surface area contributed by atoms with Crippen LogP contribution in [0.5, 0.6) is 0 Å². The Bertz CT molecular complexity index is 1140. The fourth-order valence-electron chi connectivity index (χ4n) is 3.14. The summed E-state index contributed by atoms with van der Waals surface area (Å²) >= 11 is 0. The molecule has 0 fully saturated rings. The first-order valence-electron chi connectivity index (χ1n) is 7.27. The van der Waals surface area contributed by atoms with Gasteiger partial charge in [0.1, 0.15) is 0 Å². The van der Waals surface area contributed by atoms with Crippen molar-refractivity contribution in [3.8, 4) is 0 Å². The van der Waals surface area contributed by atoms with Gasteiger partial charge in [-0.3, -0.25) is 4.79 Å². The lowest BCUT2D eigenvalue weighted by atomic mass is 9.96. The second kappa shape index (κ2) is 4.68. The van der Waals surface area contributed by atoms with Gasteiger partial charge in [-0.25, -0.2) is 4.79 Å². The minimum Gasteiger partial charge on any atom is -0.478 e. The summed E-state index contributed by atoms with van der Waals surface area (Å²) in [6.07, 6.45) is 3.96. The normalized spacial score (nSPS) is 13.5. The van der Waals surface area contributed by atoms with E-state index in [-0.39, 0.29) is 17.0 Å². The van der Waals surface area contributed by atoms with Crippen molar-refractivity contribution in [2.45, 2.75) is 6.42 Å². The van der Waals surface area contributed by atoms with Crippen molar-refractivity contribution < 1.29 is 14.7 Å². The van der Waals surface area contributed by atoms with Gasteiger partial charge in [0.05, 0.1) is 5.56 Å². The van der Waals surface area contributed by atoms with Crippen LogP contribution in [0.1, 0.15) is 16.8 Å². The summed E-state index contributed by atoms with van der Waals surface area (Å²) < 4.78 is 0. The number of carbonyl (C=O) groups excluding carboxylic acids is 1. The molecule has 3 aromatic carbocycles. The van der Waals surface area contributed by atoms with Crippen LogP contribution in [0.4, 0.5) is 5.69 Å². The van der Waals surface area contributed by atoms with Crippen molar-refractivity contribution in [2.24, 2.45) is 0 Å². The highest BCUT2D eigenvalue weighted by molar-refractivity contribution is 6.13. The van der Waals surface area contributed by atoms with E-state index in [2.05, 4.69) is 0 Å². The number of nitrogens with two attached hydrogens (primary N) is 1. The van der Waals surface area contributed by atoms with Gasteiger partial charge in [-0.15, -0.1) is 0 Å². The van der Waals surface area contributed by atoms with Crippen molar-refractivity contribution in [1.82, 2.24) is 0 Å². The van der Waals surface area contributed by atoms with Crippen molar-refractivity contribution in [1.29, 1.82) is 0 Å². The standard InChI is InChI=1S/C19H13NO3/c20-18-8-12-2-1-11-5-13-6-14(21)4-3-10(13)7-15(11)16(12)9-17(18)19(22)23/h1-3,5-9H,4,20H2,(H,22,23). The van der Waals surface area contributed by atoms with E-state index >= 15 is 0 Å². The number of ketones is 1. The zero-order chi connectivity index (χ0) is 16.1. The van der Waals surface area contributed by atoms with Gasteiger partial charge in [0.2, 0.25) is 0 Å². The Labute approximate surface area is 131 Å². The Kier molecular flexibility index (Phi) is 2.75. The zero-order valence-corrected chi connectivity index (χ0v) is 12.2. The van der Waals surface area contributed by atoms with Gasteiger partial charge in [-0.1, -0.05) is 18.2 Å². The fourth-order valence-corrected chi connectivity index (χ4v) is 3.14. The van der Waals surface area contributed by atoms with Crippen LogP contribution >= 0.6 is 0 Å². The highest BCUT2D eigenvalue weighted by atomic mass is 16.4. The highest BCUT2D eigenvalue weighted by Gasteiger charge is 2.12. The highest BCUT2D eigenvalue weighted by Crippen LogP contribution is 2.28. The van der Waals surface area contributed by atoms with E-state index in [1.165, 1.54) is 0 Å². The summed E-state index contributed by atoms with van der Waals surface area (Å²) in [7, 11) is 0. The first kappa shape index (κ1) is 13.5. The number of aromatic carboxylic acids is 1. The average Bonchev–Trinajstić information content (AvgIpc) is 2.52. The van der Waals surface area contributed by atoms with Gasteiger partial charge in [0, 0.05) is 12.1 Å². The summed E-state index contributed by atoms with van der Waals surface area (Å²) in [5, 5.41) is 14.9. The van der Waals surface area contributed by atoms with Gasteiger partial charge in [0.15, 0.2) is 5.78 Å². The Morgan fingerprint density at radius 2 is 1.70 bits per heavy atom. The number of benzene rings is 3. The van der Waals surface area contributed by atoms with Gasteiger partial charge in [0.25, 0.3) is 0 Å². The molecule has 4 heteroatoms. The van der Waals surface area contributed by atoms with Crippen LogP contribution < -0.4 is 16.2 Å². The molecule has 0 bridgehead atoms. The molecule has 1 aliphatic carbocycles. The Hall–Kier alpha value is -3.14. The molecule has 0 unspecified atom stereocenters. The number of anilines is 1. The molecule has 0 radical (unpaired) electrons. The van der Waals surface area contributed by atoms with Crippen LogP contribution in [0.25, 0.3) is 33.7 Å². The molecule has 0 spiro atoms. The van der Waals surface area contributed by atoms with Crippen LogP contribution in [-0.2, 0) is 4.79 Å². The first-order chi connectivity index (χ1) is 11.0. The number of carbonyl (C=O) groups is 2. The largest absolute Gasteiger partial charge is 0.478 e. The predicted octanol–water partition coefficient (Wildman–Crippen LogP) is 1.81. The van der Waals surface area contributed by atoms with Crippen LogP contribution in [0.15, 0.2) is 36.4 Å². The van der Waals surface area contributed by atoms with E-state index in [1.54, 1.807) is 18.2 Å². The average molecular weight is 303 g/mol. The molecule has 0 amide bonds. The van der Waals surface area contributed by atoms with Crippen molar-refractivity contribution in [3.05, 3.63) is 52.4 Å². The van der Waals surface area contributed by atoms with Crippen LogP contribution in [0.3, 0.4) is 0 Å². The van der Waals surface area contributed by atoms with E-state index < -0.39 is 5.97 Å². The van der Waals surface area contributed by atoms with Gasteiger partial charge in [-0.2, -0.15) is 0 Å². The van der Waals surface area contributed by atoms with Crippen molar-refractivity contribution in [3.63, 3.8) is 0 Å². The minimum atomic E-state index is -1.04. The summed E-state index contributed by atoms with van der Waals surface area (Å²) in [6.45, 7) is 0. The molecule has 3 aromatic rings. The van der Waals surface area contributed by atoms with E-state index in [0.717, 1.165) is 32.0 Å². The summed E-state index contributed by atoms with van der Waals surface area (Å²) in [5.74, 6) is -0.941. The Morgan fingerprint density at radius 3 is 2.43 bits per heavy atom. The van der Waals surface area contributed by atoms with Gasteiger partial charge in [-0.05, 0) is 62.3 Å². The van der Waals surface area contributed by atoms with Gasteiger partial charge >= 0.3 is 5.97 Å². The SMILES string of the molecule is Nc1cc2ccc3cc4c(cc3c2cc1C(=O)O)=CCC(=O)C=4. The summed E-state index contributed by atoms with van der Waals surface area (Å²) in [5.41, 5.74) is 6.19. The van der Waals surface area contributed by atoms with Crippen LogP contribution in [-0.4, -0.2) is 16.9 Å². The molecule has 23 heavy (non-hydrogen) atoms. The lowest BCUT2D eigenvalue weighted by Crippen LogP contribution is -2.28. The third-order valence-corrected chi connectivity index (χ3v) is 4.28. The van der Waals surface area contributed by atoms with Crippen molar-refractivity contribution >= 4 is 51.1 Å². The minimum absolute atomic E-state index is 0.0959. The number of hydrogen-bond donors (Lipinski definition) is 2. The first-order valence-corrected chi connectivity index (χ1v) is 7.27. The lowest BCUT2D eigenvalue weighted by molar-refractivity contribution is -0.112. The number of hydrogen-bond acceptors (Lipinski definition) is 3. The molecule has 0 heterocycles. The topological polar surface area (TPSA) is 80.4 Å². The third kappa shape index (κ3) is 2.07. The second-order valence-corrected chi connectivity index (χ2v) is 5.75. The van der Waals surface area contributed by atoms with Crippen LogP contribution in [0, 0.1) is 0 Å². The summed E-state index contributed by atoms with van der Waals surface area (Å²) in [4.78, 5) is 22.9. The molecule has 0 saturated carbocycles. The molecular weight excluding hydrogens is 290 g/mol. The second-order valence-electron chi connectivity index (χ2n) is 5.75. The van der Waals surface area contributed by atoms with E-state index in [1.807, 2.05) is 30.3 Å². The molecule has 4 nitrogen and oxygen atoms in total. The molecular formula is C19H13NO3. The molecule has 0 aliphatic heterocycles. The Balaban J connectivity index is 2.17. The number of nitrogen functional groups attached to an aromatic ring is 1. The molecule has 0 atom stereocenters. The molecule has 1 aliphatic rings. The molecule has 0 aromatic heterocycles. The number of fused-ring (bicyclic) bond motifs is 4. The maximum Gasteiger partial charge on any atom is 0.337 e. The molecule has 0 saturated heterocycles. The molecule has 4 rings (SSSR count).